The molecule has 2 aliphatic rings. The predicted molar refractivity (Wildman–Crippen MR) is 79.0 cm³/mol. The fourth-order valence-electron chi connectivity index (χ4n) is 4.09. The van der Waals surface area contributed by atoms with Gasteiger partial charge in [0.15, 0.2) is 0 Å². The van der Waals surface area contributed by atoms with Crippen molar-refractivity contribution in [1.29, 1.82) is 0 Å². The van der Waals surface area contributed by atoms with Crippen molar-refractivity contribution in [2.75, 3.05) is 6.54 Å². The molecular weight excluding hydrogens is 232 g/mol. The molecule has 2 heteroatoms. The summed E-state index contributed by atoms with van der Waals surface area (Å²) in [6.45, 7) is 3.41. The maximum absolute atomic E-state index is 4.26. The molecule has 0 radical (unpaired) electrons. The van der Waals surface area contributed by atoms with Gasteiger partial charge in [-0.05, 0) is 61.6 Å². The number of rotatable bonds is 6. The van der Waals surface area contributed by atoms with Crippen molar-refractivity contribution in [3.63, 3.8) is 0 Å². The van der Waals surface area contributed by atoms with E-state index in [1.54, 1.807) is 0 Å². The topological polar surface area (TPSA) is 24.9 Å². The molecule has 2 fully saturated rings. The summed E-state index contributed by atoms with van der Waals surface area (Å²) in [6.07, 6.45) is 12.2. The van der Waals surface area contributed by atoms with E-state index < -0.39 is 0 Å². The molecule has 2 nitrogen and oxygen atoms in total. The van der Waals surface area contributed by atoms with Gasteiger partial charge in [0.2, 0.25) is 0 Å². The first kappa shape index (κ1) is 13.1. The van der Waals surface area contributed by atoms with E-state index in [-0.39, 0.29) is 0 Å². The number of fused-ring (bicyclic) bond motifs is 1. The molecular formula is C17H26N2. The first-order valence-electron chi connectivity index (χ1n) is 8.02. The summed E-state index contributed by atoms with van der Waals surface area (Å²) in [5, 5.41) is 3.81. The van der Waals surface area contributed by atoms with E-state index in [1.807, 2.05) is 12.4 Å². The third-order valence-electron chi connectivity index (χ3n) is 5.02. The summed E-state index contributed by atoms with van der Waals surface area (Å²) in [5.41, 5.74) is 1.39. The van der Waals surface area contributed by atoms with Gasteiger partial charge in [-0.15, -0.1) is 0 Å². The minimum absolute atomic E-state index is 0.678. The van der Waals surface area contributed by atoms with Crippen molar-refractivity contribution in [3.05, 3.63) is 30.1 Å². The van der Waals surface area contributed by atoms with Crippen LogP contribution >= 0.6 is 0 Å². The highest BCUT2D eigenvalue weighted by Gasteiger charge is 2.53. The first-order valence-corrected chi connectivity index (χ1v) is 8.02. The van der Waals surface area contributed by atoms with Crippen molar-refractivity contribution in [3.8, 4) is 0 Å². The number of pyridine rings is 1. The molecule has 3 atom stereocenters. The van der Waals surface area contributed by atoms with Crippen LogP contribution in [0, 0.1) is 17.8 Å². The van der Waals surface area contributed by atoms with Gasteiger partial charge in [0.1, 0.15) is 0 Å². The van der Waals surface area contributed by atoms with Crippen molar-refractivity contribution in [2.24, 2.45) is 17.8 Å². The van der Waals surface area contributed by atoms with Gasteiger partial charge in [0.05, 0.1) is 0 Å². The van der Waals surface area contributed by atoms with Gasteiger partial charge in [0.25, 0.3) is 0 Å². The molecule has 1 heterocycles. The van der Waals surface area contributed by atoms with Crippen LogP contribution in [0.15, 0.2) is 24.5 Å². The van der Waals surface area contributed by atoms with Gasteiger partial charge in [-0.3, -0.25) is 4.98 Å². The zero-order chi connectivity index (χ0) is 13.1. The second-order valence-electron chi connectivity index (χ2n) is 6.32. The monoisotopic (exact) mass is 258 g/mol. The molecule has 0 aromatic carbocycles. The second-order valence-corrected chi connectivity index (χ2v) is 6.32. The van der Waals surface area contributed by atoms with Crippen molar-refractivity contribution < 1.29 is 0 Å². The smallest absolute Gasteiger partial charge is 0.0300 e. The van der Waals surface area contributed by atoms with Gasteiger partial charge in [-0.25, -0.2) is 0 Å². The normalized spacial score (nSPS) is 30.7. The Bertz CT molecular complexity index is 378. The van der Waals surface area contributed by atoms with Crippen LogP contribution in [0.1, 0.15) is 44.6 Å². The molecule has 0 saturated heterocycles. The van der Waals surface area contributed by atoms with Crippen LogP contribution in [0.2, 0.25) is 0 Å². The molecule has 0 spiro atoms. The largest absolute Gasteiger partial charge is 0.313 e. The molecule has 3 rings (SSSR count). The summed E-state index contributed by atoms with van der Waals surface area (Å²) in [6, 6.07) is 4.96. The minimum atomic E-state index is 0.678. The molecule has 104 valence electrons. The van der Waals surface area contributed by atoms with Crippen LogP contribution in [-0.2, 0) is 6.42 Å². The fraction of sp³-hybridized carbons (Fsp3) is 0.706. The van der Waals surface area contributed by atoms with Gasteiger partial charge in [-0.2, -0.15) is 0 Å². The lowest BCUT2D eigenvalue weighted by Gasteiger charge is -2.19. The number of hydrogen-bond acceptors (Lipinski definition) is 2. The molecule has 0 amide bonds. The molecule has 1 N–H and O–H groups in total. The van der Waals surface area contributed by atoms with Crippen molar-refractivity contribution >= 4 is 0 Å². The molecule has 1 aromatic rings. The third kappa shape index (κ3) is 3.00. The summed E-state index contributed by atoms with van der Waals surface area (Å²) in [4.78, 5) is 4.26. The maximum Gasteiger partial charge on any atom is 0.0300 e. The lowest BCUT2D eigenvalue weighted by Crippen LogP contribution is -2.34. The van der Waals surface area contributed by atoms with Crippen molar-refractivity contribution in [1.82, 2.24) is 10.3 Å². The molecule has 19 heavy (non-hydrogen) atoms. The Morgan fingerprint density at radius 3 is 2.74 bits per heavy atom. The van der Waals surface area contributed by atoms with Gasteiger partial charge < -0.3 is 5.32 Å². The number of aromatic nitrogens is 1. The van der Waals surface area contributed by atoms with Gasteiger partial charge in [0, 0.05) is 18.4 Å². The van der Waals surface area contributed by atoms with Crippen LogP contribution < -0.4 is 5.32 Å². The van der Waals surface area contributed by atoms with E-state index >= 15 is 0 Å². The molecule has 0 bridgehead atoms. The minimum Gasteiger partial charge on any atom is -0.313 e. The van der Waals surface area contributed by atoms with Crippen molar-refractivity contribution in [2.45, 2.75) is 51.5 Å². The van der Waals surface area contributed by atoms with E-state index in [0.29, 0.717) is 6.04 Å². The molecule has 3 unspecified atom stereocenters. The Morgan fingerprint density at radius 2 is 2.11 bits per heavy atom. The van der Waals surface area contributed by atoms with Crippen LogP contribution in [-0.4, -0.2) is 17.6 Å². The lowest BCUT2D eigenvalue weighted by atomic mass is 10.0. The summed E-state index contributed by atoms with van der Waals surface area (Å²) in [7, 11) is 0. The highest BCUT2D eigenvalue weighted by atomic mass is 14.9. The Hall–Kier alpha value is -0.890. The highest BCUT2D eigenvalue weighted by Crippen LogP contribution is 2.57. The Labute approximate surface area is 117 Å². The molecule has 1 aromatic heterocycles. The second kappa shape index (κ2) is 6.04. The van der Waals surface area contributed by atoms with E-state index in [2.05, 4.69) is 29.4 Å². The number of nitrogens with zero attached hydrogens (tertiary/aromatic N) is 1. The Balaban J connectivity index is 1.64. The van der Waals surface area contributed by atoms with Crippen LogP contribution in [0.3, 0.4) is 0 Å². The maximum atomic E-state index is 4.26. The highest BCUT2D eigenvalue weighted by molar-refractivity contribution is 5.14. The lowest BCUT2D eigenvalue weighted by molar-refractivity contribution is 0.427. The zero-order valence-corrected chi connectivity index (χ0v) is 12.0. The zero-order valence-electron chi connectivity index (χ0n) is 12.0. The van der Waals surface area contributed by atoms with E-state index in [9.17, 15) is 0 Å². The van der Waals surface area contributed by atoms with Crippen LogP contribution in [0.5, 0.6) is 0 Å². The third-order valence-corrected chi connectivity index (χ3v) is 5.02. The number of nitrogens with one attached hydrogen (secondary N) is 1. The summed E-state index contributed by atoms with van der Waals surface area (Å²) >= 11 is 0. The van der Waals surface area contributed by atoms with E-state index in [1.165, 1.54) is 37.7 Å². The molecule has 2 saturated carbocycles. The summed E-state index contributed by atoms with van der Waals surface area (Å²) in [5.74, 6) is 2.99. The average molecular weight is 258 g/mol. The Morgan fingerprint density at radius 1 is 1.32 bits per heavy atom. The van der Waals surface area contributed by atoms with Crippen LogP contribution in [0.25, 0.3) is 0 Å². The summed E-state index contributed by atoms with van der Waals surface area (Å²) < 4.78 is 0. The quantitative estimate of drug-likeness (QED) is 0.845. The standard InChI is InChI=1S/C17H26N2/c1-2-9-19-16(11-13-6-5-10-18-12-13)17-14-7-3-4-8-15(14)17/h5-6,10,12,14-17,19H,2-4,7-9,11H2,1H3. The van der Waals surface area contributed by atoms with E-state index in [0.717, 1.165) is 30.7 Å². The SMILES string of the molecule is CCCNC(Cc1cccnc1)C1C2CCCCC21. The predicted octanol–water partition coefficient (Wildman–Crippen LogP) is 3.43. The van der Waals surface area contributed by atoms with E-state index in [4.69, 9.17) is 0 Å². The van der Waals surface area contributed by atoms with Gasteiger partial charge >= 0.3 is 0 Å². The van der Waals surface area contributed by atoms with Crippen LogP contribution in [0.4, 0.5) is 0 Å². The Kier molecular flexibility index (Phi) is 4.17. The van der Waals surface area contributed by atoms with Gasteiger partial charge in [-0.1, -0.05) is 25.8 Å². The fourth-order valence-corrected chi connectivity index (χ4v) is 4.09. The molecule has 0 aliphatic heterocycles. The molecule has 2 aliphatic carbocycles. The average Bonchev–Trinajstić information content (AvgIpc) is 3.19. The number of hydrogen-bond donors (Lipinski definition) is 1. The first-order chi connectivity index (χ1) is 9.40.